The number of alkyl halides is 2. The first-order chi connectivity index (χ1) is 14.7. The van der Waals surface area contributed by atoms with Crippen LogP contribution < -0.4 is 4.74 Å². The van der Waals surface area contributed by atoms with Crippen molar-refractivity contribution in [3.8, 4) is 5.75 Å². The zero-order valence-electron chi connectivity index (χ0n) is 17.6. The minimum atomic E-state index is -2.68. The van der Waals surface area contributed by atoms with E-state index in [1.54, 1.807) is 23.1 Å². The Morgan fingerprint density at radius 3 is 2.84 bits per heavy atom. The molecule has 2 atom stereocenters. The Balaban J connectivity index is 1.82. The monoisotopic (exact) mass is 451 g/mol. The SMILES string of the molecule is C=C([C@@H]1CN(C(=O)c2ccc(Cl)c(OC)c2)CC[C@H]1C)n1ncnc1/N=C(\C)C(F)F. The minimum Gasteiger partial charge on any atom is -0.495 e. The van der Waals surface area contributed by atoms with Gasteiger partial charge in [-0.05, 0) is 37.5 Å². The number of carbonyl (C=O) groups is 1. The molecule has 2 aromatic rings. The van der Waals surface area contributed by atoms with Gasteiger partial charge in [0.25, 0.3) is 18.3 Å². The van der Waals surface area contributed by atoms with Crippen LogP contribution in [-0.4, -0.2) is 57.9 Å². The number of methoxy groups -OCH3 is 1. The minimum absolute atomic E-state index is 0.0425. The zero-order valence-corrected chi connectivity index (χ0v) is 18.3. The van der Waals surface area contributed by atoms with Crippen molar-refractivity contribution in [1.82, 2.24) is 19.7 Å². The Morgan fingerprint density at radius 1 is 1.42 bits per heavy atom. The fourth-order valence-corrected chi connectivity index (χ4v) is 3.74. The maximum Gasteiger partial charge on any atom is 0.276 e. The highest BCUT2D eigenvalue weighted by Crippen LogP contribution is 2.33. The van der Waals surface area contributed by atoms with Crippen LogP contribution in [0.2, 0.25) is 5.02 Å². The van der Waals surface area contributed by atoms with Crippen molar-refractivity contribution in [3.05, 3.63) is 41.7 Å². The summed E-state index contributed by atoms with van der Waals surface area (Å²) in [4.78, 5) is 22.7. The molecule has 0 spiro atoms. The van der Waals surface area contributed by atoms with E-state index in [0.717, 1.165) is 6.42 Å². The normalized spacial score (nSPS) is 19.6. The van der Waals surface area contributed by atoms with Gasteiger partial charge in [0.2, 0.25) is 0 Å². The molecule has 0 radical (unpaired) electrons. The highest BCUT2D eigenvalue weighted by Gasteiger charge is 2.33. The van der Waals surface area contributed by atoms with Gasteiger partial charge in [-0.15, -0.1) is 0 Å². The topological polar surface area (TPSA) is 72.6 Å². The number of rotatable bonds is 6. The first-order valence-electron chi connectivity index (χ1n) is 9.78. The van der Waals surface area contributed by atoms with Crippen LogP contribution in [0.15, 0.2) is 36.1 Å². The number of halogens is 3. The Kier molecular flexibility index (Phi) is 7.04. The average molecular weight is 452 g/mol. The van der Waals surface area contributed by atoms with Gasteiger partial charge in [0, 0.05) is 30.3 Å². The largest absolute Gasteiger partial charge is 0.495 e. The average Bonchev–Trinajstić information content (AvgIpc) is 3.21. The lowest BCUT2D eigenvalue weighted by atomic mass is 9.84. The smallest absolute Gasteiger partial charge is 0.276 e. The van der Waals surface area contributed by atoms with Crippen molar-refractivity contribution >= 4 is 34.9 Å². The number of nitrogens with zero attached hydrogens (tertiary/aromatic N) is 5. The molecule has 3 rings (SSSR count). The predicted octanol–water partition coefficient (Wildman–Crippen LogP) is 4.57. The van der Waals surface area contributed by atoms with E-state index in [9.17, 15) is 13.6 Å². The van der Waals surface area contributed by atoms with Crippen LogP contribution in [0.3, 0.4) is 0 Å². The third-order valence-corrected chi connectivity index (χ3v) is 5.78. The molecular weight excluding hydrogens is 428 g/mol. The number of aliphatic imine (C=N–C) groups is 1. The summed E-state index contributed by atoms with van der Waals surface area (Å²) in [5.41, 5.74) is 0.669. The van der Waals surface area contributed by atoms with E-state index >= 15 is 0 Å². The summed E-state index contributed by atoms with van der Waals surface area (Å²) in [5, 5.41) is 4.54. The lowest BCUT2D eigenvalue weighted by molar-refractivity contribution is 0.0653. The highest BCUT2D eigenvalue weighted by molar-refractivity contribution is 6.32. The quantitative estimate of drug-likeness (QED) is 0.603. The maximum absolute atomic E-state index is 13.1. The third-order valence-electron chi connectivity index (χ3n) is 5.47. The molecule has 0 unspecified atom stereocenters. The lowest BCUT2D eigenvalue weighted by Gasteiger charge is -2.38. The Bertz CT molecular complexity index is 1010. The van der Waals surface area contributed by atoms with Gasteiger partial charge in [-0.1, -0.05) is 25.1 Å². The number of piperidine rings is 1. The first kappa shape index (κ1) is 22.9. The van der Waals surface area contributed by atoms with Crippen LogP contribution in [0.1, 0.15) is 30.6 Å². The number of amides is 1. The predicted molar refractivity (Wildman–Crippen MR) is 115 cm³/mol. The Morgan fingerprint density at radius 2 is 2.16 bits per heavy atom. The Labute approximate surface area is 184 Å². The van der Waals surface area contributed by atoms with E-state index in [2.05, 4.69) is 28.6 Å². The van der Waals surface area contributed by atoms with Crippen molar-refractivity contribution in [1.29, 1.82) is 0 Å². The van der Waals surface area contributed by atoms with E-state index in [1.165, 1.54) is 25.0 Å². The van der Waals surface area contributed by atoms with Crippen LogP contribution in [0.4, 0.5) is 14.7 Å². The highest BCUT2D eigenvalue weighted by atomic mass is 35.5. The third kappa shape index (κ3) is 4.92. The van der Waals surface area contributed by atoms with E-state index in [4.69, 9.17) is 16.3 Å². The summed E-state index contributed by atoms with van der Waals surface area (Å²) < 4.78 is 32.3. The van der Waals surface area contributed by atoms with Gasteiger partial charge in [-0.3, -0.25) is 4.79 Å². The fraction of sp³-hybridized carbons (Fsp3) is 0.429. The number of hydrogen-bond acceptors (Lipinski definition) is 5. The van der Waals surface area contributed by atoms with E-state index < -0.39 is 6.43 Å². The number of benzene rings is 1. The molecule has 166 valence electrons. The molecule has 0 N–H and O–H groups in total. The van der Waals surface area contributed by atoms with Gasteiger partial charge in [0.05, 0.1) is 17.8 Å². The molecule has 10 heteroatoms. The first-order valence-corrected chi connectivity index (χ1v) is 10.2. The van der Waals surface area contributed by atoms with Crippen LogP contribution in [-0.2, 0) is 0 Å². The summed E-state index contributed by atoms with van der Waals surface area (Å²) in [7, 11) is 1.49. The molecule has 0 saturated carbocycles. The molecule has 7 nitrogen and oxygen atoms in total. The van der Waals surface area contributed by atoms with Gasteiger partial charge >= 0.3 is 0 Å². The molecule has 0 bridgehead atoms. The molecule has 1 aliphatic rings. The van der Waals surface area contributed by atoms with Gasteiger partial charge in [0.15, 0.2) is 0 Å². The molecular formula is C21H24ClF2N5O2. The summed E-state index contributed by atoms with van der Waals surface area (Å²) in [6, 6.07) is 4.90. The van der Waals surface area contributed by atoms with Crippen molar-refractivity contribution in [2.75, 3.05) is 20.2 Å². The number of hydrogen-bond donors (Lipinski definition) is 0. The van der Waals surface area contributed by atoms with E-state index in [0.29, 0.717) is 35.1 Å². The molecule has 1 aliphatic heterocycles. The molecule has 1 saturated heterocycles. The fourth-order valence-electron chi connectivity index (χ4n) is 3.54. The van der Waals surface area contributed by atoms with E-state index in [-0.39, 0.29) is 29.4 Å². The Hall–Kier alpha value is -2.81. The second kappa shape index (κ2) is 9.55. The number of carbonyl (C=O) groups excluding carboxylic acids is 1. The van der Waals surface area contributed by atoms with Crippen molar-refractivity contribution < 1.29 is 18.3 Å². The number of aromatic nitrogens is 3. The van der Waals surface area contributed by atoms with Crippen molar-refractivity contribution in [2.45, 2.75) is 26.7 Å². The van der Waals surface area contributed by atoms with Crippen LogP contribution in [0.5, 0.6) is 5.75 Å². The van der Waals surface area contributed by atoms with Gasteiger partial charge in [0.1, 0.15) is 12.1 Å². The van der Waals surface area contributed by atoms with Crippen LogP contribution in [0, 0.1) is 11.8 Å². The summed E-state index contributed by atoms with van der Waals surface area (Å²) in [6.45, 7) is 8.40. The lowest BCUT2D eigenvalue weighted by Crippen LogP contribution is -2.44. The van der Waals surface area contributed by atoms with Gasteiger partial charge in [-0.25, -0.2) is 18.5 Å². The standard InChI is InChI=1S/C21H24ClF2N5O2/c1-12-7-8-28(20(30)15-5-6-17(22)18(9-15)31-4)10-16(12)14(3)29-21(25-11-26-29)27-13(2)19(23)24/h5-6,9,11-12,16,19H,3,7-8,10H2,1-2,4H3/b27-13+/t12-,16-/m1/s1. The molecule has 1 aromatic heterocycles. The number of likely N-dealkylation sites (tertiary alicyclic amines) is 1. The summed E-state index contributed by atoms with van der Waals surface area (Å²) >= 11 is 6.06. The molecule has 31 heavy (non-hydrogen) atoms. The summed E-state index contributed by atoms with van der Waals surface area (Å²) in [5.74, 6) is 0.382. The van der Waals surface area contributed by atoms with Crippen LogP contribution in [0.25, 0.3) is 5.70 Å². The summed E-state index contributed by atoms with van der Waals surface area (Å²) in [6.07, 6.45) is -0.681. The molecule has 2 heterocycles. The molecule has 1 fully saturated rings. The van der Waals surface area contributed by atoms with E-state index in [1.807, 2.05) is 0 Å². The second-order valence-electron chi connectivity index (χ2n) is 7.49. The second-order valence-corrected chi connectivity index (χ2v) is 7.90. The molecule has 1 aromatic carbocycles. The number of ether oxygens (including phenoxy) is 1. The zero-order chi connectivity index (χ0) is 22.7. The van der Waals surface area contributed by atoms with Gasteiger partial charge < -0.3 is 9.64 Å². The van der Waals surface area contributed by atoms with Crippen molar-refractivity contribution in [2.24, 2.45) is 16.8 Å². The molecule has 1 amide bonds. The van der Waals surface area contributed by atoms with Crippen LogP contribution >= 0.6 is 11.6 Å². The maximum atomic E-state index is 13.1. The van der Waals surface area contributed by atoms with Crippen molar-refractivity contribution in [3.63, 3.8) is 0 Å². The molecule has 0 aliphatic carbocycles. The van der Waals surface area contributed by atoms with Gasteiger partial charge in [-0.2, -0.15) is 10.1 Å².